The van der Waals surface area contributed by atoms with Crippen LogP contribution in [0.15, 0.2) is 24.3 Å². The Labute approximate surface area is 148 Å². The van der Waals surface area contributed by atoms with Crippen molar-refractivity contribution >= 4 is 23.9 Å². The Morgan fingerprint density at radius 1 is 1.28 bits per heavy atom. The molecule has 2 amide bonds. The quantitative estimate of drug-likeness (QED) is 0.708. The third-order valence-corrected chi connectivity index (χ3v) is 3.90. The Bertz CT molecular complexity index is 665. The lowest BCUT2D eigenvalue weighted by molar-refractivity contribution is -0.138. The van der Waals surface area contributed by atoms with Crippen LogP contribution in [0, 0.1) is 6.92 Å². The van der Waals surface area contributed by atoms with Crippen molar-refractivity contribution in [1.82, 2.24) is 10.2 Å². The normalized spacial score (nSPS) is 12.0. The van der Waals surface area contributed by atoms with E-state index in [9.17, 15) is 14.4 Å². The maximum Gasteiger partial charge on any atom is 0.325 e. The number of unbranched alkanes of at least 4 members (excludes halogenated alkanes) is 1. The second-order valence-electron chi connectivity index (χ2n) is 6.14. The molecular formula is C19H26N2O4. The topological polar surface area (TPSA) is 86.7 Å². The van der Waals surface area contributed by atoms with Crippen molar-refractivity contribution < 1.29 is 19.5 Å². The first-order valence-electron chi connectivity index (χ1n) is 8.24. The number of hydrogen-bond donors (Lipinski definition) is 2. The van der Waals surface area contributed by atoms with E-state index in [0.717, 1.165) is 24.0 Å². The molecule has 25 heavy (non-hydrogen) atoms. The van der Waals surface area contributed by atoms with Crippen LogP contribution in [0.25, 0.3) is 6.08 Å². The molecule has 136 valence electrons. The number of aliphatic carboxylic acids is 1. The number of allylic oxidation sites excluding steroid dienone is 1. The standard InChI is InChI=1S/C19H26N2O4/c1-13-15(9-6-5-7-12-17(22)21(3)4)10-8-11-16(13)18(23)20-14(2)19(24)25/h6,8-11,14H,5,7,12H2,1-4H3,(H,20,23)(H,24,25)/b9-6-/t14-/m0/s1. The molecule has 6 nitrogen and oxygen atoms in total. The van der Waals surface area contributed by atoms with Crippen LogP contribution in [0.1, 0.15) is 47.7 Å². The van der Waals surface area contributed by atoms with E-state index in [2.05, 4.69) is 5.32 Å². The van der Waals surface area contributed by atoms with Gasteiger partial charge in [0.05, 0.1) is 0 Å². The zero-order valence-corrected chi connectivity index (χ0v) is 15.2. The molecule has 0 unspecified atom stereocenters. The first-order valence-corrected chi connectivity index (χ1v) is 8.24. The average Bonchev–Trinajstić information content (AvgIpc) is 2.55. The highest BCUT2D eigenvalue weighted by atomic mass is 16.4. The first kappa shape index (κ1) is 20.4. The van der Waals surface area contributed by atoms with E-state index in [1.807, 2.05) is 25.1 Å². The van der Waals surface area contributed by atoms with Gasteiger partial charge in [-0.3, -0.25) is 14.4 Å². The van der Waals surface area contributed by atoms with E-state index >= 15 is 0 Å². The van der Waals surface area contributed by atoms with Crippen molar-refractivity contribution in [2.24, 2.45) is 0 Å². The minimum atomic E-state index is -1.07. The highest BCUT2D eigenvalue weighted by Gasteiger charge is 2.17. The van der Waals surface area contributed by atoms with Gasteiger partial charge in [0, 0.05) is 26.1 Å². The molecule has 0 bridgehead atoms. The maximum atomic E-state index is 12.2. The van der Waals surface area contributed by atoms with Crippen LogP contribution in [0.2, 0.25) is 0 Å². The summed E-state index contributed by atoms with van der Waals surface area (Å²) in [4.78, 5) is 36.1. The van der Waals surface area contributed by atoms with Crippen molar-refractivity contribution in [3.63, 3.8) is 0 Å². The van der Waals surface area contributed by atoms with Crippen LogP contribution in [0.4, 0.5) is 0 Å². The van der Waals surface area contributed by atoms with E-state index in [0.29, 0.717) is 12.0 Å². The number of rotatable bonds is 8. The fourth-order valence-electron chi connectivity index (χ4n) is 2.22. The number of benzene rings is 1. The van der Waals surface area contributed by atoms with Crippen LogP contribution in [0.5, 0.6) is 0 Å². The molecule has 2 N–H and O–H groups in total. The summed E-state index contributed by atoms with van der Waals surface area (Å²) < 4.78 is 0. The number of carbonyl (C=O) groups excluding carboxylic acids is 2. The molecule has 0 aliphatic rings. The van der Waals surface area contributed by atoms with Crippen LogP contribution < -0.4 is 5.32 Å². The van der Waals surface area contributed by atoms with Gasteiger partial charge in [0.15, 0.2) is 0 Å². The number of nitrogens with one attached hydrogen (secondary N) is 1. The predicted molar refractivity (Wildman–Crippen MR) is 97.3 cm³/mol. The zero-order chi connectivity index (χ0) is 19.0. The molecule has 0 radical (unpaired) electrons. The van der Waals surface area contributed by atoms with Crippen molar-refractivity contribution in [2.45, 2.75) is 39.2 Å². The number of carboxylic acid groups (broad SMARTS) is 1. The van der Waals surface area contributed by atoms with Crippen molar-refractivity contribution in [3.05, 3.63) is 41.0 Å². The predicted octanol–water partition coefficient (Wildman–Crippen LogP) is 2.47. The molecule has 1 aromatic carbocycles. The minimum Gasteiger partial charge on any atom is -0.480 e. The van der Waals surface area contributed by atoms with Crippen LogP contribution in [-0.4, -0.2) is 47.9 Å². The van der Waals surface area contributed by atoms with Gasteiger partial charge in [-0.05, 0) is 43.9 Å². The van der Waals surface area contributed by atoms with Gasteiger partial charge >= 0.3 is 5.97 Å². The smallest absolute Gasteiger partial charge is 0.325 e. The lowest BCUT2D eigenvalue weighted by Gasteiger charge is -2.12. The van der Waals surface area contributed by atoms with Gasteiger partial charge in [-0.15, -0.1) is 0 Å². The fraction of sp³-hybridized carbons (Fsp3) is 0.421. The Balaban J connectivity index is 2.70. The molecule has 1 aromatic rings. The van der Waals surface area contributed by atoms with Crippen molar-refractivity contribution in [3.8, 4) is 0 Å². The lowest BCUT2D eigenvalue weighted by atomic mass is 10.0. The number of nitrogens with zero attached hydrogens (tertiary/aromatic N) is 1. The molecule has 1 rings (SSSR count). The third kappa shape index (κ3) is 6.41. The van der Waals surface area contributed by atoms with Gasteiger partial charge in [-0.1, -0.05) is 24.3 Å². The molecular weight excluding hydrogens is 320 g/mol. The van der Waals surface area contributed by atoms with E-state index < -0.39 is 17.9 Å². The van der Waals surface area contributed by atoms with Gasteiger partial charge in [-0.25, -0.2) is 0 Å². The first-order chi connectivity index (χ1) is 11.7. The Kier molecular flexibility index (Phi) is 7.85. The van der Waals surface area contributed by atoms with Crippen molar-refractivity contribution in [1.29, 1.82) is 0 Å². The van der Waals surface area contributed by atoms with Gasteiger partial charge < -0.3 is 15.3 Å². The van der Waals surface area contributed by atoms with Crippen LogP contribution >= 0.6 is 0 Å². The van der Waals surface area contributed by atoms with Crippen LogP contribution in [0.3, 0.4) is 0 Å². The SMILES string of the molecule is Cc1c(/C=C\CCCC(=O)N(C)C)cccc1C(=O)N[C@@H](C)C(=O)O. The van der Waals surface area contributed by atoms with Crippen molar-refractivity contribution in [2.75, 3.05) is 14.1 Å². The summed E-state index contributed by atoms with van der Waals surface area (Å²) in [6.45, 7) is 3.25. The minimum absolute atomic E-state index is 0.107. The maximum absolute atomic E-state index is 12.2. The Morgan fingerprint density at radius 2 is 1.96 bits per heavy atom. The van der Waals surface area contributed by atoms with E-state index in [4.69, 9.17) is 5.11 Å². The molecule has 0 spiro atoms. The number of carbonyl (C=O) groups is 3. The van der Waals surface area contributed by atoms with Gasteiger partial charge in [0.25, 0.3) is 5.91 Å². The monoisotopic (exact) mass is 346 g/mol. The molecule has 1 atom stereocenters. The molecule has 0 fully saturated rings. The number of carboxylic acids is 1. The summed E-state index contributed by atoms with van der Waals surface area (Å²) in [5, 5.41) is 11.3. The number of hydrogen-bond acceptors (Lipinski definition) is 3. The Hall–Kier alpha value is -2.63. The molecule has 0 aromatic heterocycles. The summed E-state index contributed by atoms with van der Waals surface area (Å²) in [5.41, 5.74) is 2.14. The average molecular weight is 346 g/mol. The van der Waals surface area contributed by atoms with Gasteiger partial charge in [0.2, 0.25) is 5.91 Å². The molecule has 0 aliphatic carbocycles. The molecule has 0 saturated carbocycles. The molecule has 0 heterocycles. The second-order valence-corrected chi connectivity index (χ2v) is 6.14. The summed E-state index contributed by atoms with van der Waals surface area (Å²) in [6, 6.07) is 4.39. The van der Waals surface area contributed by atoms with Gasteiger partial charge in [-0.2, -0.15) is 0 Å². The van der Waals surface area contributed by atoms with Crippen LogP contribution in [-0.2, 0) is 9.59 Å². The lowest BCUT2D eigenvalue weighted by Crippen LogP contribution is -2.38. The number of amides is 2. The fourth-order valence-corrected chi connectivity index (χ4v) is 2.22. The molecule has 6 heteroatoms. The highest BCUT2D eigenvalue weighted by molar-refractivity contribution is 5.98. The summed E-state index contributed by atoms with van der Waals surface area (Å²) in [6.07, 6.45) is 5.94. The second kappa shape index (κ2) is 9.61. The Morgan fingerprint density at radius 3 is 2.56 bits per heavy atom. The molecule has 0 saturated heterocycles. The third-order valence-electron chi connectivity index (χ3n) is 3.90. The van der Waals surface area contributed by atoms with Gasteiger partial charge in [0.1, 0.15) is 6.04 Å². The summed E-state index contributed by atoms with van der Waals surface area (Å²) in [7, 11) is 3.48. The van der Waals surface area contributed by atoms with E-state index in [1.165, 1.54) is 6.92 Å². The van der Waals surface area contributed by atoms with E-state index in [-0.39, 0.29) is 5.91 Å². The largest absolute Gasteiger partial charge is 0.480 e. The highest BCUT2D eigenvalue weighted by Crippen LogP contribution is 2.16. The van der Waals surface area contributed by atoms with E-state index in [1.54, 1.807) is 31.1 Å². The summed E-state index contributed by atoms with van der Waals surface area (Å²) in [5.74, 6) is -1.37. The molecule has 0 aliphatic heterocycles. The zero-order valence-electron chi connectivity index (χ0n) is 15.2. The summed E-state index contributed by atoms with van der Waals surface area (Å²) >= 11 is 0.